The number of sulfonamides is 1. The first-order valence-corrected chi connectivity index (χ1v) is 8.98. The molecule has 21 heavy (non-hydrogen) atoms. The molecule has 4 nitrogen and oxygen atoms in total. The zero-order valence-corrected chi connectivity index (χ0v) is 12.8. The molecule has 1 aliphatic heterocycles. The Morgan fingerprint density at radius 1 is 1.10 bits per heavy atom. The molecule has 0 bridgehead atoms. The monoisotopic (exact) mass is 312 g/mol. The number of benzene rings is 1. The topological polar surface area (TPSA) is 49.4 Å². The lowest BCUT2D eigenvalue weighted by molar-refractivity contribution is 0.101. The van der Waals surface area contributed by atoms with Gasteiger partial charge in [0, 0.05) is 25.2 Å². The van der Waals surface area contributed by atoms with Crippen LogP contribution in [0.5, 0.6) is 0 Å². The predicted molar refractivity (Wildman–Crippen MR) is 79.0 cm³/mol. The number of nitrogens with zero attached hydrogens (tertiary/aromatic N) is 1. The SMILES string of the molecule is O=S(=O)(c1ccc(F)cc1)N1CCNCC12CCCCC2. The number of halogens is 1. The van der Waals surface area contributed by atoms with Crippen LogP contribution in [-0.4, -0.2) is 37.9 Å². The van der Waals surface area contributed by atoms with E-state index in [0.29, 0.717) is 19.6 Å². The third-order valence-electron chi connectivity index (χ3n) is 4.66. The van der Waals surface area contributed by atoms with Crippen LogP contribution in [0.1, 0.15) is 32.1 Å². The largest absolute Gasteiger partial charge is 0.314 e. The highest BCUT2D eigenvalue weighted by atomic mass is 32.2. The van der Waals surface area contributed by atoms with E-state index in [1.54, 1.807) is 4.31 Å². The maximum Gasteiger partial charge on any atom is 0.243 e. The van der Waals surface area contributed by atoms with E-state index in [-0.39, 0.29) is 10.4 Å². The second-order valence-corrected chi connectivity index (χ2v) is 7.86. The molecule has 1 aromatic rings. The molecule has 0 amide bonds. The highest BCUT2D eigenvalue weighted by Gasteiger charge is 2.46. The van der Waals surface area contributed by atoms with E-state index >= 15 is 0 Å². The van der Waals surface area contributed by atoms with Crippen LogP contribution >= 0.6 is 0 Å². The molecule has 1 saturated carbocycles. The Bertz CT molecular complexity index is 586. The second-order valence-electron chi connectivity index (χ2n) is 5.99. The first-order valence-electron chi connectivity index (χ1n) is 7.54. The van der Waals surface area contributed by atoms with Gasteiger partial charge in [0.15, 0.2) is 0 Å². The average molecular weight is 312 g/mol. The Morgan fingerprint density at radius 3 is 2.43 bits per heavy atom. The fraction of sp³-hybridized carbons (Fsp3) is 0.600. The van der Waals surface area contributed by atoms with Crippen molar-refractivity contribution in [2.45, 2.75) is 42.5 Å². The smallest absolute Gasteiger partial charge is 0.243 e. The molecule has 0 unspecified atom stereocenters. The zero-order valence-electron chi connectivity index (χ0n) is 12.0. The molecule has 1 saturated heterocycles. The van der Waals surface area contributed by atoms with Gasteiger partial charge >= 0.3 is 0 Å². The zero-order chi connectivity index (χ0) is 14.9. The van der Waals surface area contributed by atoms with E-state index in [1.807, 2.05) is 0 Å². The molecule has 1 spiro atoms. The van der Waals surface area contributed by atoms with Crippen LogP contribution in [-0.2, 0) is 10.0 Å². The van der Waals surface area contributed by atoms with Gasteiger partial charge in [0.25, 0.3) is 0 Å². The molecule has 0 radical (unpaired) electrons. The van der Waals surface area contributed by atoms with Crippen molar-refractivity contribution in [1.82, 2.24) is 9.62 Å². The third kappa shape index (κ3) is 2.72. The van der Waals surface area contributed by atoms with Crippen LogP contribution in [0.3, 0.4) is 0 Å². The van der Waals surface area contributed by atoms with Crippen molar-refractivity contribution >= 4 is 10.0 Å². The third-order valence-corrected chi connectivity index (χ3v) is 6.68. The lowest BCUT2D eigenvalue weighted by Gasteiger charge is -2.48. The summed E-state index contributed by atoms with van der Waals surface area (Å²) < 4.78 is 40.6. The summed E-state index contributed by atoms with van der Waals surface area (Å²) in [6.45, 7) is 1.87. The van der Waals surface area contributed by atoms with Crippen LogP contribution in [0, 0.1) is 5.82 Å². The van der Waals surface area contributed by atoms with Gasteiger partial charge in [-0.05, 0) is 37.1 Å². The Kier molecular flexibility index (Phi) is 4.03. The average Bonchev–Trinajstić information content (AvgIpc) is 2.49. The maximum absolute atomic E-state index is 13.0. The molecule has 1 N–H and O–H groups in total. The van der Waals surface area contributed by atoms with Crippen molar-refractivity contribution in [2.24, 2.45) is 0 Å². The molecule has 6 heteroatoms. The number of hydrogen-bond acceptors (Lipinski definition) is 3. The molecule has 2 aliphatic rings. The van der Waals surface area contributed by atoms with Crippen molar-refractivity contribution in [1.29, 1.82) is 0 Å². The van der Waals surface area contributed by atoms with Crippen LogP contribution in [0.4, 0.5) is 4.39 Å². The van der Waals surface area contributed by atoms with Crippen molar-refractivity contribution < 1.29 is 12.8 Å². The minimum Gasteiger partial charge on any atom is -0.314 e. The fourth-order valence-electron chi connectivity index (χ4n) is 3.57. The summed E-state index contributed by atoms with van der Waals surface area (Å²) in [6, 6.07) is 5.15. The van der Waals surface area contributed by atoms with Gasteiger partial charge in [-0.25, -0.2) is 12.8 Å². The van der Waals surface area contributed by atoms with E-state index in [0.717, 1.165) is 25.7 Å². The standard InChI is InChI=1S/C15H21FN2O2S/c16-13-4-6-14(7-5-13)21(19,20)18-11-10-17-12-15(18)8-2-1-3-9-15/h4-7,17H,1-3,8-12H2. The molecule has 1 aliphatic carbocycles. The second kappa shape index (κ2) is 5.66. The van der Waals surface area contributed by atoms with Gasteiger partial charge in [-0.1, -0.05) is 19.3 Å². The molecule has 1 aromatic carbocycles. The van der Waals surface area contributed by atoms with Crippen LogP contribution < -0.4 is 5.32 Å². The van der Waals surface area contributed by atoms with Gasteiger partial charge in [-0.3, -0.25) is 0 Å². The molecule has 0 atom stereocenters. The summed E-state index contributed by atoms with van der Waals surface area (Å²) in [5.41, 5.74) is -0.302. The lowest BCUT2D eigenvalue weighted by Crippen LogP contribution is -2.63. The van der Waals surface area contributed by atoms with Crippen LogP contribution in [0.25, 0.3) is 0 Å². The van der Waals surface area contributed by atoms with Gasteiger partial charge in [-0.15, -0.1) is 0 Å². The van der Waals surface area contributed by atoms with Crippen molar-refractivity contribution in [3.05, 3.63) is 30.1 Å². The minimum absolute atomic E-state index is 0.191. The van der Waals surface area contributed by atoms with Crippen molar-refractivity contribution in [3.8, 4) is 0 Å². The molecule has 1 heterocycles. The van der Waals surface area contributed by atoms with E-state index < -0.39 is 15.8 Å². The molecular formula is C15H21FN2O2S. The van der Waals surface area contributed by atoms with Gasteiger partial charge in [0.2, 0.25) is 10.0 Å². The first-order chi connectivity index (χ1) is 10.0. The van der Waals surface area contributed by atoms with Crippen LogP contribution in [0.15, 0.2) is 29.2 Å². The van der Waals surface area contributed by atoms with Gasteiger partial charge in [0.05, 0.1) is 4.90 Å². The summed E-state index contributed by atoms with van der Waals surface area (Å²) >= 11 is 0. The lowest BCUT2D eigenvalue weighted by atomic mass is 9.80. The Morgan fingerprint density at radius 2 is 1.76 bits per heavy atom. The minimum atomic E-state index is -3.56. The number of hydrogen-bond donors (Lipinski definition) is 1. The first kappa shape index (κ1) is 14.9. The van der Waals surface area contributed by atoms with Gasteiger partial charge in [-0.2, -0.15) is 4.31 Å². The van der Waals surface area contributed by atoms with E-state index in [2.05, 4.69) is 5.32 Å². The molecule has 2 fully saturated rings. The maximum atomic E-state index is 13.0. The highest BCUT2D eigenvalue weighted by molar-refractivity contribution is 7.89. The summed E-state index contributed by atoms with van der Waals surface area (Å²) in [4.78, 5) is 0.191. The van der Waals surface area contributed by atoms with Crippen molar-refractivity contribution in [2.75, 3.05) is 19.6 Å². The van der Waals surface area contributed by atoms with Gasteiger partial charge < -0.3 is 5.32 Å². The molecule has 3 rings (SSSR count). The normalized spacial score (nSPS) is 23.3. The summed E-state index contributed by atoms with van der Waals surface area (Å²) in [5, 5.41) is 3.34. The molecule has 0 aromatic heterocycles. The quantitative estimate of drug-likeness (QED) is 0.910. The van der Waals surface area contributed by atoms with E-state index in [9.17, 15) is 12.8 Å². The van der Waals surface area contributed by atoms with Gasteiger partial charge in [0.1, 0.15) is 5.82 Å². The highest BCUT2D eigenvalue weighted by Crippen LogP contribution is 2.37. The summed E-state index contributed by atoms with van der Waals surface area (Å²) in [6.07, 6.45) is 5.11. The summed E-state index contributed by atoms with van der Waals surface area (Å²) in [7, 11) is -3.56. The van der Waals surface area contributed by atoms with E-state index in [1.165, 1.54) is 30.7 Å². The number of piperazine rings is 1. The summed E-state index contributed by atoms with van der Waals surface area (Å²) in [5.74, 6) is -0.415. The number of nitrogens with one attached hydrogen (secondary N) is 1. The Hall–Kier alpha value is -0.980. The van der Waals surface area contributed by atoms with E-state index in [4.69, 9.17) is 0 Å². The van der Waals surface area contributed by atoms with Crippen LogP contribution in [0.2, 0.25) is 0 Å². The molecule has 116 valence electrons. The number of rotatable bonds is 2. The van der Waals surface area contributed by atoms with Crippen molar-refractivity contribution in [3.63, 3.8) is 0 Å². The Balaban J connectivity index is 1.97. The fourth-order valence-corrected chi connectivity index (χ4v) is 5.40. The Labute approximate surface area is 125 Å². The predicted octanol–water partition coefficient (Wildman–Crippen LogP) is 2.12. The molecular weight excluding hydrogens is 291 g/mol.